The van der Waals surface area contributed by atoms with Crippen LogP contribution in [0.5, 0.6) is 0 Å². The van der Waals surface area contributed by atoms with E-state index in [1.807, 2.05) is 0 Å². The molecule has 0 bridgehead atoms. The monoisotopic (exact) mass is 182 g/mol. The lowest BCUT2D eigenvalue weighted by Gasteiger charge is -2.13. The third-order valence-corrected chi connectivity index (χ3v) is 1.49. The Bertz CT molecular complexity index is 151. The van der Waals surface area contributed by atoms with Crippen LogP contribution in [0.3, 0.4) is 0 Å². The zero-order valence-electron chi connectivity index (χ0n) is 6.99. The highest BCUT2D eigenvalue weighted by Crippen LogP contribution is 2.24. The first-order valence-corrected chi connectivity index (χ1v) is 3.76. The number of alkyl halides is 3. The van der Waals surface area contributed by atoms with Gasteiger partial charge in [0.05, 0.1) is 12.5 Å². The third kappa shape index (κ3) is 6.22. The Kier molecular flexibility index (Phi) is 4.31. The number of rotatable bonds is 4. The van der Waals surface area contributed by atoms with Crippen LogP contribution in [0.25, 0.3) is 0 Å². The second kappa shape index (κ2) is 4.50. The van der Waals surface area contributed by atoms with E-state index >= 15 is 0 Å². The Morgan fingerprint density at radius 1 is 1.50 bits per heavy atom. The van der Waals surface area contributed by atoms with Gasteiger partial charge in [0.15, 0.2) is 0 Å². The topological polar surface area (TPSA) is 20.2 Å². The molecular formula is C8H13F3O. The van der Waals surface area contributed by atoms with Crippen molar-refractivity contribution in [2.24, 2.45) is 0 Å². The Morgan fingerprint density at radius 3 is 2.33 bits per heavy atom. The molecule has 0 heterocycles. The Balaban J connectivity index is 3.74. The second-order valence-electron chi connectivity index (χ2n) is 2.78. The normalized spacial score (nSPS) is 14.4. The fraction of sp³-hybridized carbons (Fsp3) is 0.750. The molecule has 0 aliphatic rings. The van der Waals surface area contributed by atoms with Crippen molar-refractivity contribution >= 4 is 0 Å². The van der Waals surface area contributed by atoms with E-state index in [0.717, 1.165) is 0 Å². The van der Waals surface area contributed by atoms with Crippen LogP contribution in [-0.2, 0) is 0 Å². The Labute approximate surface area is 69.9 Å². The van der Waals surface area contributed by atoms with Crippen molar-refractivity contribution in [3.05, 3.63) is 12.2 Å². The van der Waals surface area contributed by atoms with Gasteiger partial charge in [0, 0.05) is 0 Å². The molecule has 0 saturated heterocycles. The van der Waals surface area contributed by atoms with Gasteiger partial charge in [0.25, 0.3) is 0 Å². The fourth-order valence-corrected chi connectivity index (χ4v) is 0.817. The molecule has 0 radical (unpaired) electrons. The van der Waals surface area contributed by atoms with Gasteiger partial charge >= 0.3 is 6.18 Å². The van der Waals surface area contributed by atoms with Crippen LogP contribution in [0.4, 0.5) is 13.2 Å². The summed E-state index contributed by atoms with van der Waals surface area (Å²) in [5, 5.41) is 8.91. The summed E-state index contributed by atoms with van der Waals surface area (Å²) in [6.45, 7) is 5.31. The van der Waals surface area contributed by atoms with Gasteiger partial charge in [-0.25, -0.2) is 0 Å². The van der Waals surface area contributed by atoms with Gasteiger partial charge in [0.2, 0.25) is 0 Å². The lowest BCUT2D eigenvalue weighted by atomic mass is 10.1. The first-order valence-electron chi connectivity index (χ1n) is 3.76. The summed E-state index contributed by atoms with van der Waals surface area (Å²) in [7, 11) is 0. The lowest BCUT2D eigenvalue weighted by molar-refractivity contribution is -0.153. The van der Waals surface area contributed by atoms with Crippen LogP contribution in [0, 0.1) is 0 Å². The molecule has 0 rings (SSSR count). The molecule has 1 unspecified atom stereocenters. The van der Waals surface area contributed by atoms with E-state index in [1.54, 1.807) is 6.92 Å². The molecular weight excluding hydrogens is 169 g/mol. The predicted molar refractivity (Wildman–Crippen MR) is 40.7 cm³/mol. The standard InChI is InChI=1S/C8H13F3O/c1-3-6(2)4-7(12)5-8(9,10)11/h7,12H,2-5H2,1H3. The van der Waals surface area contributed by atoms with Crippen molar-refractivity contribution in [2.75, 3.05) is 0 Å². The van der Waals surface area contributed by atoms with E-state index in [0.29, 0.717) is 12.0 Å². The first-order chi connectivity index (χ1) is 5.35. The number of hydrogen-bond acceptors (Lipinski definition) is 1. The van der Waals surface area contributed by atoms with E-state index in [2.05, 4.69) is 6.58 Å². The van der Waals surface area contributed by atoms with Gasteiger partial charge in [-0.05, 0) is 12.8 Å². The highest BCUT2D eigenvalue weighted by Gasteiger charge is 2.30. The van der Waals surface area contributed by atoms with E-state index < -0.39 is 18.7 Å². The summed E-state index contributed by atoms with van der Waals surface area (Å²) in [4.78, 5) is 0. The molecule has 1 nitrogen and oxygen atoms in total. The van der Waals surface area contributed by atoms with Crippen LogP contribution in [0.2, 0.25) is 0 Å². The van der Waals surface area contributed by atoms with Crippen LogP contribution >= 0.6 is 0 Å². The highest BCUT2D eigenvalue weighted by atomic mass is 19.4. The minimum absolute atomic E-state index is 0.0377. The smallest absolute Gasteiger partial charge is 0.391 e. The van der Waals surface area contributed by atoms with Crippen molar-refractivity contribution in [3.63, 3.8) is 0 Å². The number of halogens is 3. The van der Waals surface area contributed by atoms with Gasteiger partial charge in [-0.2, -0.15) is 13.2 Å². The maximum absolute atomic E-state index is 11.7. The summed E-state index contributed by atoms with van der Waals surface area (Å²) in [6.07, 6.45) is -6.12. The van der Waals surface area contributed by atoms with Gasteiger partial charge in [-0.15, -0.1) is 0 Å². The molecule has 0 fully saturated rings. The molecule has 0 aromatic rings. The average Bonchev–Trinajstić information content (AvgIpc) is 1.82. The first kappa shape index (κ1) is 11.5. The third-order valence-electron chi connectivity index (χ3n) is 1.49. The van der Waals surface area contributed by atoms with Gasteiger partial charge in [-0.3, -0.25) is 0 Å². The maximum Gasteiger partial charge on any atom is 0.391 e. The van der Waals surface area contributed by atoms with Crippen molar-refractivity contribution in [1.29, 1.82) is 0 Å². The summed E-state index contributed by atoms with van der Waals surface area (Å²) in [5.41, 5.74) is 0.645. The zero-order chi connectivity index (χ0) is 9.78. The lowest BCUT2D eigenvalue weighted by Crippen LogP contribution is -2.19. The summed E-state index contributed by atoms with van der Waals surface area (Å²) in [5.74, 6) is 0. The predicted octanol–water partition coefficient (Wildman–Crippen LogP) is 2.66. The van der Waals surface area contributed by atoms with Crippen LogP contribution < -0.4 is 0 Å². The van der Waals surface area contributed by atoms with Gasteiger partial charge < -0.3 is 5.11 Å². The highest BCUT2D eigenvalue weighted by molar-refractivity contribution is 4.94. The van der Waals surface area contributed by atoms with Gasteiger partial charge in [0.1, 0.15) is 0 Å². The van der Waals surface area contributed by atoms with Crippen molar-refractivity contribution in [1.82, 2.24) is 0 Å². The quantitative estimate of drug-likeness (QED) is 0.662. The summed E-state index contributed by atoms with van der Waals surface area (Å²) in [6, 6.07) is 0. The average molecular weight is 182 g/mol. The minimum Gasteiger partial charge on any atom is -0.392 e. The molecule has 12 heavy (non-hydrogen) atoms. The second-order valence-corrected chi connectivity index (χ2v) is 2.78. The fourth-order valence-electron chi connectivity index (χ4n) is 0.817. The van der Waals surface area contributed by atoms with E-state index in [-0.39, 0.29) is 6.42 Å². The number of hydrogen-bond donors (Lipinski definition) is 1. The Morgan fingerprint density at radius 2 is 2.00 bits per heavy atom. The molecule has 0 amide bonds. The minimum atomic E-state index is -4.28. The van der Waals surface area contributed by atoms with Crippen molar-refractivity contribution in [2.45, 2.75) is 38.5 Å². The molecule has 1 atom stereocenters. The van der Waals surface area contributed by atoms with Crippen molar-refractivity contribution in [3.8, 4) is 0 Å². The van der Waals surface area contributed by atoms with E-state index in [1.165, 1.54) is 0 Å². The molecule has 0 aromatic heterocycles. The summed E-state index contributed by atoms with van der Waals surface area (Å²) < 4.78 is 35.0. The molecule has 0 aliphatic carbocycles. The molecule has 0 aliphatic heterocycles. The SMILES string of the molecule is C=C(CC)CC(O)CC(F)(F)F. The Hall–Kier alpha value is -0.510. The van der Waals surface area contributed by atoms with Crippen LogP contribution in [0.1, 0.15) is 26.2 Å². The summed E-state index contributed by atoms with van der Waals surface area (Å²) >= 11 is 0. The number of aliphatic hydroxyl groups excluding tert-OH is 1. The van der Waals surface area contributed by atoms with E-state index in [4.69, 9.17) is 5.11 Å². The molecule has 1 N–H and O–H groups in total. The molecule has 0 saturated carbocycles. The largest absolute Gasteiger partial charge is 0.392 e. The maximum atomic E-state index is 11.7. The van der Waals surface area contributed by atoms with Crippen LogP contribution in [0.15, 0.2) is 12.2 Å². The van der Waals surface area contributed by atoms with Gasteiger partial charge in [-0.1, -0.05) is 19.1 Å². The molecule has 0 spiro atoms. The molecule has 4 heteroatoms. The van der Waals surface area contributed by atoms with Crippen LogP contribution in [-0.4, -0.2) is 17.4 Å². The number of aliphatic hydroxyl groups is 1. The van der Waals surface area contributed by atoms with E-state index in [9.17, 15) is 13.2 Å². The molecule has 72 valence electrons. The molecule has 0 aromatic carbocycles. The zero-order valence-corrected chi connectivity index (χ0v) is 6.99. The van der Waals surface area contributed by atoms with Crippen molar-refractivity contribution < 1.29 is 18.3 Å².